The van der Waals surface area contributed by atoms with Crippen LogP contribution in [-0.4, -0.2) is 40.6 Å². The molecule has 0 amide bonds. The Morgan fingerprint density at radius 3 is 2.35 bits per heavy atom. The van der Waals surface area contributed by atoms with E-state index in [9.17, 15) is 0 Å². The van der Waals surface area contributed by atoms with Crippen LogP contribution in [0.25, 0.3) is 0 Å². The average Bonchev–Trinajstić information content (AvgIpc) is 3.00. The summed E-state index contributed by atoms with van der Waals surface area (Å²) in [5.41, 5.74) is 0.994. The van der Waals surface area contributed by atoms with E-state index in [1.165, 1.54) is 0 Å². The van der Waals surface area contributed by atoms with Crippen molar-refractivity contribution in [2.75, 3.05) is 34.5 Å². The van der Waals surface area contributed by atoms with Crippen molar-refractivity contribution in [3.05, 3.63) is 17.7 Å². The number of ether oxygens (including phenoxy) is 4. The highest BCUT2D eigenvalue weighted by molar-refractivity contribution is 5.50. The first kappa shape index (κ1) is 14.9. The highest BCUT2D eigenvalue weighted by atomic mass is 16.5. The van der Waals surface area contributed by atoms with Crippen molar-refractivity contribution < 1.29 is 18.9 Å². The molecule has 5 heteroatoms. The van der Waals surface area contributed by atoms with Crippen LogP contribution in [0, 0.1) is 0 Å². The second-order valence-electron chi connectivity index (χ2n) is 4.78. The SMILES string of the molecule is COc1cc(OC)c(CNCC2CCCO2)c(OC)c1. The Bertz CT molecular complexity index is 405. The Hall–Kier alpha value is -1.46. The van der Waals surface area contributed by atoms with Crippen molar-refractivity contribution in [2.24, 2.45) is 0 Å². The van der Waals surface area contributed by atoms with Gasteiger partial charge < -0.3 is 24.3 Å². The Morgan fingerprint density at radius 2 is 1.85 bits per heavy atom. The normalized spacial score (nSPS) is 18.1. The molecule has 20 heavy (non-hydrogen) atoms. The van der Waals surface area contributed by atoms with E-state index in [4.69, 9.17) is 18.9 Å². The maximum absolute atomic E-state index is 5.60. The molecule has 112 valence electrons. The van der Waals surface area contributed by atoms with Crippen LogP contribution in [0.3, 0.4) is 0 Å². The summed E-state index contributed by atoms with van der Waals surface area (Å²) in [5, 5.41) is 3.40. The Kier molecular flexibility index (Phi) is 5.49. The van der Waals surface area contributed by atoms with Crippen molar-refractivity contribution >= 4 is 0 Å². The number of nitrogens with one attached hydrogen (secondary N) is 1. The van der Waals surface area contributed by atoms with Crippen LogP contribution in [0.4, 0.5) is 0 Å². The van der Waals surface area contributed by atoms with E-state index in [0.717, 1.165) is 48.8 Å². The molecular formula is C15H23NO4. The molecule has 1 atom stereocenters. The number of benzene rings is 1. The molecule has 1 unspecified atom stereocenters. The number of rotatable bonds is 7. The molecule has 1 aliphatic heterocycles. The maximum Gasteiger partial charge on any atom is 0.130 e. The third-order valence-electron chi connectivity index (χ3n) is 3.51. The van der Waals surface area contributed by atoms with Crippen LogP contribution < -0.4 is 19.5 Å². The lowest BCUT2D eigenvalue weighted by Crippen LogP contribution is -2.26. The van der Waals surface area contributed by atoms with Crippen LogP contribution in [0.5, 0.6) is 17.2 Å². The van der Waals surface area contributed by atoms with Gasteiger partial charge in [0.1, 0.15) is 17.2 Å². The first-order chi connectivity index (χ1) is 9.78. The quantitative estimate of drug-likeness (QED) is 0.828. The number of hydrogen-bond acceptors (Lipinski definition) is 5. The van der Waals surface area contributed by atoms with Crippen molar-refractivity contribution in [2.45, 2.75) is 25.5 Å². The minimum absolute atomic E-state index is 0.324. The first-order valence-electron chi connectivity index (χ1n) is 6.89. The molecule has 0 spiro atoms. The topological polar surface area (TPSA) is 49.0 Å². The van der Waals surface area contributed by atoms with E-state index in [1.54, 1.807) is 21.3 Å². The van der Waals surface area contributed by atoms with E-state index >= 15 is 0 Å². The van der Waals surface area contributed by atoms with Crippen molar-refractivity contribution in [3.8, 4) is 17.2 Å². The van der Waals surface area contributed by atoms with Gasteiger partial charge in [-0.1, -0.05) is 0 Å². The molecular weight excluding hydrogens is 258 g/mol. The molecule has 0 saturated carbocycles. The lowest BCUT2D eigenvalue weighted by Gasteiger charge is -2.16. The minimum atomic E-state index is 0.324. The fraction of sp³-hybridized carbons (Fsp3) is 0.600. The number of hydrogen-bond donors (Lipinski definition) is 1. The molecule has 5 nitrogen and oxygen atoms in total. The van der Waals surface area contributed by atoms with E-state index in [2.05, 4.69) is 5.32 Å². The van der Waals surface area contributed by atoms with Gasteiger partial charge in [0.15, 0.2) is 0 Å². The van der Waals surface area contributed by atoms with Crippen molar-refractivity contribution in [1.29, 1.82) is 0 Å². The summed E-state index contributed by atoms with van der Waals surface area (Å²) in [7, 11) is 4.93. The zero-order valence-electron chi connectivity index (χ0n) is 12.4. The molecule has 1 aromatic rings. The summed E-state index contributed by atoms with van der Waals surface area (Å²) < 4.78 is 21.7. The lowest BCUT2D eigenvalue weighted by atomic mass is 10.1. The maximum atomic E-state index is 5.60. The fourth-order valence-electron chi connectivity index (χ4n) is 2.42. The van der Waals surface area contributed by atoms with Crippen LogP contribution in [0.1, 0.15) is 18.4 Å². The summed E-state index contributed by atoms with van der Waals surface area (Å²) >= 11 is 0. The van der Waals surface area contributed by atoms with Gasteiger partial charge in [-0.25, -0.2) is 0 Å². The van der Waals surface area contributed by atoms with Gasteiger partial charge >= 0.3 is 0 Å². The first-order valence-corrected chi connectivity index (χ1v) is 6.89. The van der Waals surface area contributed by atoms with Crippen LogP contribution in [0.2, 0.25) is 0 Å². The van der Waals surface area contributed by atoms with Crippen LogP contribution >= 0.6 is 0 Å². The third kappa shape index (κ3) is 3.55. The second kappa shape index (κ2) is 7.36. The summed E-state index contributed by atoms with van der Waals surface area (Å²) in [5.74, 6) is 2.25. The molecule has 1 fully saturated rings. The van der Waals surface area contributed by atoms with Gasteiger partial charge in [-0.05, 0) is 12.8 Å². The van der Waals surface area contributed by atoms with Gasteiger partial charge in [0.05, 0.1) is 33.0 Å². The molecule has 0 aromatic heterocycles. The smallest absolute Gasteiger partial charge is 0.130 e. The van der Waals surface area contributed by atoms with Gasteiger partial charge in [-0.2, -0.15) is 0 Å². The molecule has 1 saturated heterocycles. The van der Waals surface area contributed by atoms with Crippen molar-refractivity contribution in [1.82, 2.24) is 5.32 Å². The van der Waals surface area contributed by atoms with Gasteiger partial charge in [-0.15, -0.1) is 0 Å². The molecule has 1 aromatic carbocycles. The average molecular weight is 281 g/mol. The Labute approximate surface area is 120 Å². The Balaban J connectivity index is 2.04. The van der Waals surface area contributed by atoms with Gasteiger partial charge in [0.25, 0.3) is 0 Å². The second-order valence-corrected chi connectivity index (χ2v) is 4.78. The van der Waals surface area contributed by atoms with E-state index < -0.39 is 0 Å². The summed E-state index contributed by atoms with van der Waals surface area (Å²) in [6.07, 6.45) is 2.61. The minimum Gasteiger partial charge on any atom is -0.496 e. The molecule has 0 aliphatic carbocycles. The molecule has 1 aliphatic rings. The molecule has 0 radical (unpaired) electrons. The van der Waals surface area contributed by atoms with Crippen LogP contribution in [-0.2, 0) is 11.3 Å². The standard InChI is InChI=1S/C15H23NO4/c1-17-12-7-14(18-2)13(15(8-12)19-3)10-16-9-11-5-4-6-20-11/h7-8,11,16H,4-6,9-10H2,1-3H3. The lowest BCUT2D eigenvalue weighted by molar-refractivity contribution is 0.110. The summed E-state index contributed by atoms with van der Waals surface area (Å²) in [6, 6.07) is 3.73. The fourth-order valence-corrected chi connectivity index (χ4v) is 2.42. The zero-order chi connectivity index (χ0) is 14.4. The Morgan fingerprint density at radius 1 is 1.15 bits per heavy atom. The van der Waals surface area contributed by atoms with Gasteiger partial charge in [-0.3, -0.25) is 0 Å². The van der Waals surface area contributed by atoms with E-state index in [0.29, 0.717) is 12.6 Å². The van der Waals surface area contributed by atoms with E-state index in [-0.39, 0.29) is 0 Å². The number of methoxy groups -OCH3 is 3. The van der Waals surface area contributed by atoms with Crippen molar-refractivity contribution in [3.63, 3.8) is 0 Å². The zero-order valence-corrected chi connectivity index (χ0v) is 12.4. The predicted octanol–water partition coefficient (Wildman–Crippen LogP) is 1.98. The molecule has 1 N–H and O–H groups in total. The van der Waals surface area contributed by atoms with Crippen LogP contribution in [0.15, 0.2) is 12.1 Å². The largest absolute Gasteiger partial charge is 0.496 e. The predicted molar refractivity (Wildman–Crippen MR) is 76.8 cm³/mol. The molecule has 2 rings (SSSR count). The van der Waals surface area contributed by atoms with Gasteiger partial charge in [0, 0.05) is 31.8 Å². The summed E-state index contributed by atoms with van der Waals surface area (Å²) in [6.45, 7) is 2.40. The van der Waals surface area contributed by atoms with E-state index in [1.807, 2.05) is 12.1 Å². The highest BCUT2D eigenvalue weighted by Crippen LogP contribution is 2.33. The highest BCUT2D eigenvalue weighted by Gasteiger charge is 2.17. The van der Waals surface area contributed by atoms with Gasteiger partial charge in [0.2, 0.25) is 0 Å². The summed E-state index contributed by atoms with van der Waals surface area (Å²) in [4.78, 5) is 0. The molecule has 1 heterocycles. The monoisotopic (exact) mass is 281 g/mol. The third-order valence-corrected chi connectivity index (χ3v) is 3.51. The molecule has 0 bridgehead atoms.